The number of hydrogen-bond acceptors (Lipinski definition) is 13. The van der Waals surface area contributed by atoms with Gasteiger partial charge in [-0.2, -0.15) is 13.2 Å². The number of hydrogen-bond donors (Lipinski definition) is 3. The molecule has 0 spiro atoms. The van der Waals surface area contributed by atoms with Crippen molar-refractivity contribution < 1.29 is 51.0 Å². The van der Waals surface area contributed by atoms with Gasteiger partial charge in [0.25, 0.3) is 5.91 Å². The number of fused-ring (bicyclic) bond motifs is 1. The van der Waals surface area contributed by atoms with Crippen LogP contribution < -0.4 is 25.4 Å². The number of ether oxygens (including phenoxy) is 5. The van der Waals surface area contributed by atoms with Crippen LogP contribution in [0.1, 0.15) is 47.0 Å². The van der Waals surface area contributed by atoms with Gasteiger partial charge in [0, 0.05) is 58.9 Å². The van der Waals surface area contributed by atoms with Crippen molar-refractivity contribution in [2.75, 3.05) is 110 Å². The van der Waals surface area contributed by atoms with Crippen molar-refractivity contribution >= 4 is 45.9 Å². The smallest absolute Gasteiger partial charge is 0.406 e. The molecule has 2 aromatic heterocycles. The number of amides is 2. The molecule has 0 aliphatic carbocycles. The number of halogens is 3. The van der Waals surface area contributed by atoms with Gasteiger partial charge in [-0.15, -0.1) is 11.8 Å². The number of thioether (sulfide) groups is 1. The minimum atomic E-state index is -4.41. The van der Waals surface area contributed by atoms with Crippen LogP contribution in [0.2, 0.25) is 0 Å². The van der Waals surface area contributed by atoms with E-state index in [0.29, 0.717) is 87.7 Å². The van der Waals surface area contributed by atoms with Crippen LogP contribution in [0.5, 0.6) is 11.5 Å². The molecule has 1 atom stereocenters. The molecule has 3 aromatic carbocycles. The van der Waals surface area contributed by atoms with Gasteiger partial charge < -0.3 is 58.5 Å². The highest BCUT2D eigenvalue weighted by molar-refractivity contribution is 7.99. The van der Waals surface area contributed by atoms with Crippen molar-refractivity contribution in [2.45, 2.75) is 62.8 Å². The topological polar surface area (TPSA) is 154 Å². The van der Waals surface area contributed by atoms with Crippen molar-refractivity contribution in [2.24, 2.45) is 0 Å². The molecule has 0 saturated carbocycles. The van der Waals surface area contributed by atoms with Crippen molar-refractivity contribution in [1.82, 2.24) is 24.8 Å². The molecule has 2 amide bonds. The number of benzene rings is 3. The fourth-order valence-electron chi connectivity index (χ4n) is 8.64. The molecule has 1 unspecified atom stereocenters. The number of methoxy groups -OCH3 is 1. The minimum absolute atomic E-state index is 0.00276. The highest BCUT2D eigenvalue weighted by atomic mass is 32.2. The lowest BCUT2D eigenvalue weighted by atomic mass is 9.94. The number of rotatable bonds is 25. The number of likely N-dealkylation sites (tertiary alicyclic amines) is 1. The molecular formula is C53H64F3N7O8S. The first kappa shape index (κ1) is 53.6. The molecule has 0 bridgehead atoms. The molecule has 0 radical (unpaired) electrons. The van der Waals surface area contributed by atoms with Crippen molar-refractivity contribution in [1.29, 1.82) is 0 Å². The Balaban J connectivity index is 0.728. The molecule has 72 heavy (non-hydrogen) atoms. The third-order valence-electron chi connectivity index (χ3n) is 12.2. The van der Waals surface area contributed by atoms with Gasteiger partial charge in [0.1, 0.15) is 23.8 Å². The maximum atomic E-state index is 13.8. The lowest BCUT2D eigenvalue weighted by Crippen LogP contribution is -2.36. The average molecular weight is 1020 g/mol. The van der Waals surface area contributed by atoms with Gasteiger partial charge in [-0.25, -0.2) is 0 Å². The van der Waals surface area contributed by atoms with E-state index in [1.54, 1.807) is 54.1 Å². The number of anilines is 2. The number of aromatic nitrogens is 2. The summed E-state index contributed by atoms with van der Waals surface area (Å²) in [6, 6.07) is 20.6. The standard InChI is InChI=1S/C53H64F3N7O8S/c1-37-52(38(2)71-60-37)40-13-16-51(65)62(34-40)33-39-8-5-10-43(30-39)70-35-50(64)58-20-23-67-24-25-68-26-27-69-28-29-72-44-14-15-47(49(32-44)66-4)57-19-7-9-42-31-45-46(59-41-17-21-61(3)22-18-41)11-6-12-48(45)63(42)36-53(54,55)56/h5-6,8,10-16,30-32,40-41,57,59H,17-29,33-36H2,1-4H3,(H,58,64). The van der Waals surface area contributed by atoms with Crippen LogP contribution in [-0.2, 0) is 36.9 Å². The largest absolute Gasteiger partial charge is 0.495 e. The van der Waals surface area contributed by atoms with Crippen molar-refractivity contribution in [3.05, 3.63) is 107 Å². The summed E-state index contributed by atoms with van der Waals surface area (Å²) < 4.78 is 76.1. The second-order valence-corrected chi connectivity index (χ2v) is 18.8. The summed E-state index contributed by atoms with van der Waals surface area (Å²) in [6.45, 7) is 8.28. The van der Waals surface area contributed by atoms with Crippen molar-refractivity contribution in [3.8, 4) is 23.3 Å². The number of carbonyl (C=O) groups excluding carboxylic acids is 2. The second kappa shape index (κ2) is 26.5. The first-order valence-electron chi connectivity index (χ1n) is 24.1. The Morgan fingerprint density at radius 2 is 1.71 bits per heavy atom. The Morgan fingerprint density at radius 3 is 2.46 bits per heavy atom. The van der Waals surface area contributed by atoms with Gasteiger partial charge in [-0.05, 0) is 113 Å². The van der Waals surface area contributed by atoms with Crippen LogP contribution in [0, 0.1) is 25.7 Å². The van der Waals surface area contributed by atoms with E-state index in [4.69, 9.17) is 28.2 Å². The quantitative estimate of drug-likeness (QED) is 0.0296. The predicted octanol–water partition coefficient (Wildman–Crippen LogP) is 7.81. The van der Waals surface area contributed by atoms with E-state index in [2.05, 4.69) is 44.9 Å². The van der Waals surface area contributed by atoms with Crippen molar-refractivity contribution in [3.63, 3.8) is 0 Å². The van der Waals surface area contributed by atoms with E-state index in [1.165, 1.54) is 4.57 Å². The summed E-state index contributed by atoms with van der Waals surface area (Å²) in [5.41, 5.74) is 5.03. The highest BCUT2D eigenvalue weighted by Crippen LogP contribution is 2.33. The SMILES string of the molecule is COc1cc(SCCOCCOCCOCCNC(=O)COc2cccc(CN3CC(c4c(C)noc4C)C=CC3=O)c2)ccc1NCC#Cc1cc2c(NC3CCN(C)CC3)cccc2n1CC(F)(F)F. The normalized spacial score (nSPS) is 15.4. The lowest BCUT2D eigenvalue weighted by molar-refractivity contribution is -0.140. The van der Waals surface area contributed by atoms with Gasteiger partial charge in [0.05, 0.1) is 75.9 Å². The fraction of sp³-hybridized carbons (Fsp3) is 0.453. The summed E-state index contributed by atoms with van der Waals surface area (Å²) in [7, 11) is 3.67. The summed E-state index contributed by atoms with van der Waals surface area (Å²) in [6.07, 6.45) is 1.01. The summed E-state index contributed by atoms with van der Waals surface area (Å²) in [4.78, 5) is 30.1. The van der Waals surface area contributed by atoms with Gasteiger partial charge in [-0.3, -0.25) is 9.59 Å². The molecule has 2 aliphatic heterocycles. The Bertz CT molecular complexity index is 2650. The number of aryl methyl sites for hydroxylation is 2. The molecule has 386 valence electrons. The van der Waals surface area contributed by atoms with Crippen LogP contribution >= 0.6 is 11.8 Å². The molecule has 19 heteroatoms. The maximum absolute atomic E-state index is 13.8. The van der Waals surface area contributed by atoms with Crippen LogP contribution in [0.4, 0.5) is 24.5 Å². The molecular weight excluding hydrogens is 952 g/mol. The monoisotopic (exact) mass is 1020 g/mol. The third-order valence-corrected chi connectivity index (χ3v) is 13.2. The maximum Gasteiger partial charge on any atom is 0.406 e. The minimum Gasteiger partial charge on any atom is -0.495 e. The Kier molecular flexibility index (Phi) is 19.7. The first-order chi connectivity index (χ1) is 34.8. The van der Waals surface area contributed by atoms with E-state index < -0.39 is 12.7 Å². The zero-order valence-corrected chi connectivity index (χ0v) is 42.1. The number of carbonyl (C=O) groups is 2. The third kappa shape index (κ3) is 15.9. The number of alkyl halides is 3. The molecule has 7 rings (SSSR count). The molecule has 3 N–H and O–H groups in total. The fourth-order valence-corrected chi connectivity index (χ4v) is 9.43. The van der Waals surface area contributed by atoms with Crippen LogP contribution in [-0.4, -0.2) is 142 Å². The summed E-state index contributed by atoms with van der Waals surface area (Å²) in [5.74, 6) is 8.26. The number of nitrogens with one attached hydrogen (secondary N) is 3. The van der Waals surface area contributed by atoms with E-state index in [9.17, 15) is 22.8 Å². The highest BCUT2D eigenvalue weighted by Gasteiger charge is 2.30. The second-order valence-electron chi connectivity index (χ2n) is 17.6. The Hall–Kier alpha value is -6.17. The average Bonchev–Trinajstić information content (AvgIpc) is 3.89. The summed E-state index contributed by atoms with van der Waals surface area (Å²) >= 11 is 1.62. The van der Waals surface area contributed by atoms with Gasteiger partial charge >= 0.3 is 6.18 Å². The Morgan fingerprint density at radius 1 is 0.944 bits per heavy atom. The molecule has 2 aliphatic rings. The van der Waals surface area contributed by atoms with Gasteiger partial charge in [0.15, 0.2) is 6.61 Å². The number of nitrogens with zero attached hydrogens (tertiary/aromatic N) is 4. The molecule has 1 fully saturated rings. The van der Waals surface area contributed by atoms with E-state index in [-0.39, 0.29) is 36.9 Å². The zero-order valence-electron chi connectivity index (χ0n) is 41.3. The molecule has 5 aromatic rings. The molecule has 4 heterocycles. The zero-order chi connectivity index (χ0) is 50.9. The lowest BCUT2D eigenvalue weighted by Gasteiger charge is -2.30. The van der Waals surface area contributed by atoms with E-state index in [1.807, 2.05) is 62.4 Å². The van der Waals surface area contributed by atoms with E-state index >= 15 is 0 Å². The molecule has 1 saturated heterocycles. The van der Waals surface area contributed by atoms with Crippen LogP contribution in [0.15, 0.2) is 88.3 Å². The first-order valence-corrected chi connectivity index (χ1v) is 25.1. The number of piperidine rings is 1. The van der Waals surface area contributed by atoms with Crippen LogP contribution in [0.3, 0.4) is 0 Å². The van der Waals surface area contributed by atoms with Gasteiger partial charge in [-0.1, -0.05) is 35.4 Å². The van der Waals surface area contributed by atoms with Crippen LogP contribution in [0.25, 0.3) is 10.9 Å². The van der Waals surface area contributed by atoms with Gasteiger partial charge in [0.2, 0.25) is 5.91 Å². The Labute approximate surface area is 423 Å². The molecule has 15 nitrogen and oxygen atoms in total. The predicted molar refractivity (Wildman–Crippen MR) is 272 cm³/mol. The summed E-state index contributed by atoms with van der Waals surface area (Å²) in [5, 5.41) is 14.4. The van der Waals surface area contributed by atoms with E-state index in [0.717, 1.165) is 70.2 Å².